The first-order valence-corrected chi connectivity index (χ1v) is 8.03. The van der Waals surface area contributed by atoms with Gasteiger partial charge in [0.1, 0.15) is 12.4 Å². The normalized spacial score (nSPS) is 10.2. The first kappa shape index (κ1) is 16.1. The SMILES string of the molecule is O=C(Nc1ccccc1S)c1ccc(OCc2ccccc2)cc1. The van der Waals surface area contributed by atoms with Crippen LogP contribution in [-0.2, 0) is 6.61 Å². The van der Waals surface area contributed by atoms with Crippen LogP contribution in [-0.4, -0.2) is 5.91 Å². The molecule has 0 aromatic heterocycles. The molecule has 1 N–H and O–H groups in total. The van der Waals surface area contributed by atoms with Gasteiger partial charge < -0.3 is 10.1 Å². The molecule has 0 unspecified atom stereocenters. The van der Waals surface area contributed by atoms with Crippen LogP contribution in [0.2, 0.25) is 0 Å². The van der Waals surface area contributed by atoms with E-state index in [0.717, 1.165) is 16.2 Å². The van der Waals surface area contributed by atoms with E-state index >= 15 is 0 Å². The lowest BCUT2D eigenvalue weighted by molar-refractivity contribution is 0.102. The minimum absolute atomic E-state index is 0.175. The molecule has 0 radical (unpaired) electrons. The Morgan fingerprint density at radius 3 is 2.25 bits per heavy atom. The van der Waals surface area contributed by atoms with Gasteiger partial charge >= 0.3 is 0 Å². The van der Waals surface area contributed by atoms with Crippen molar-refractivity contribution in [3.05, 3.63) is 90.0 Å². The second kappa shape index (κ2) is 7.70. The minimum atomic E-state index is -0.175. The zero-order valence-electron chi connectivity index (χ0n) is 13.0. The average molecular weight is 335 g/mol. The molecule has 0 bridgehead atoms. The molecule has 0 aliphatic heterocycles. The number of hydrogen-bond donors (Lipinski definition) is 2. The van der Waals surface area contributed by atoms with Gasteiger partial charge in [-0.2, -0.15) is 0 Å². The molecular weight excluding hydrogens is 318 g/mol. The summed E-state index contributed by atoms with van der Waals surface area (Å²) in [5.41, 5.74) is 2.36. The number of thiol groups is 1. The van der Waals surface area contributed by atoms with E-state index in [1.165, 1.54) is 0 Å². The maximum atomic E-state index is 12.3. The number of carbonyl (C=O) groups is 1. The molecule has 0 atom stereocenters. The van der Waals surface area contributed by atoms with Gasteiger partial charge in [0.2, 0.25) is 0 Å². The molecule has 0 heterocycles. The fourth-order valence-corrected chi connectivity index (χ4v) is 2.43. The van der Waals surface area contributed by atoms with E-state index in [0.29, 0.717) is 17.9 Å². The summed E-state index contributed by atoms with van der Waals surface area (Å²) < 4.78 is 5.72. The van der Waals surface area contributed by atoms with E-state index in [-0.39, 0.29) is 5.91 Å². The number of anilines is 1. The van der Waals surface area contributed by atoms with Gasteiger partial charge in [-0.25, -0.2) is 0 Å². The van der Waals surface area contributed by atoms with E-state index in [1.54, 1.807) is 24.3 Å². The maximum Gasteiger partial charge on any atom is 0.255 e. The number of rotatable bonds is 5. The van der Waals surface area contributed by atoms with Crippen molar-refractivity contribution in [1.82, 2.24) is 0 Å². The predicted molar refractivity (Wildman–Crippen MR) is 98.9 cm³/mol. The van der Waals surface area contributed by atoms with Crippen LogP contribution in [0.3, 0.4) is 0 Å². The van der Waals surface area contributed by atoms with Crippen molar-refractivity contribution in [1.29, 1.82) is 0 Å². The Hall–Kier alpha value is -2.72. The molecule has 0 aliphatic rings. The number of nitrogens with one attached hydrogen (secondary N) is 1. The highest BCUT2D eigenvalue weighted by Crippen LogP contribution is 2.20. The topological polar surface area (TPSA) is 38.3 Å². The molecule has 24 heavy (non-hydrogen) atoms. The van der Waals surface area contributed by atoms with Crippen LogP contribution in [0.25, 0.3) is 0 Å². The van der Waals surface area contributed by atoms with Crippen LogP contribution < -0.4 is 10.1 Å². The van der Waals surface area contributed by atoms with Gasteiger partial charge in [0.05, 0.1) is 5.69 Å². The van der Waals surface area contributed by atoms with Crippen molar-refractivity contribution in [2.45, 2.75) is 11.5 Å². The monoisotopic (exact) mass is 335 g/mol. The fourth-order valence-electron chi connectivity index (χ4n) is 2.22. The third-order valence-electron chi connectivity index (χ3n) is 3.52. The van der Waals surface area contributed by atoms with E-state index in [1.807, 2.05) is 54.6 Å². The van der Waals surface area contributed by atoms with Crippen molar-refractivity contribution in [2.75, 3.05) is 5.32 Å². The summed E-state index contributed by atoms with van der Waals surface area (Å²) in [6.45, 7) is 0.499. The summed E-state index contributed by atoms with van der Waals surface area (Å²) in [4.78, 5) is 13.0. The quantitative estimate of drug-likeness (QED) is 0.657. The van der Waals surface area contributed by atoms with Crippen molar-refractivity contribution in [3.63, 3.8) is 0 Å². The highest BCUT2D eigenvalue weighted by molar-refractivity contribution is 7.80. The maximum absolute atomic E-state index is 12.3. The van der Waals surface area contributed by atoms with Gasteiger partial charge in [-0.1, -0.05) is 42.5 Å². The highest BCUT2D eigenvalue weighted by Gasteiger charge is 2.08. The molecule has 0 saturated heterocycles. The smallest absolute Gasteiger partial charge is 0.255 e. The van der Waals surface area contributed by atoms with E-state index in [2.05, 4.69) is 17.9 Å². The second-order valence-corrected chi connectivity index (χ2v) is 5.75. The second-order valence-electron chi connectivity index (χ2n) is 5.27. The molecule has 0 spiro atoms. The Morgan fingerprint density at radius 1 is 0.875 bits per heavy atom. The lowest BCUT2D eigenvalue weighted by Gasteiger charge is -2.09. The summed E-state index contributed by atoms with van der Waals surface area (Å²) in [6, 6.07) is 24.4. The molecule has 4 heteroatoms. The van der Waals surface area contributed by atoms with Gasteiger partial charge in [-0.3, -0.25) is 4.79 Å². The van der Waals surface area contributed by atoms with Crippen molar-refractivity contribution in [2.24, 2.45) is 0 Å². The van der Waals surface area contributed by atoms with Gasteiger partial charge in [0, 0.05) is 10.5 Å². The van der Waals surface area contributed by atoms with E-state index < -0.39 is 0 Å². The zero-order chi connectivity index (χ0) is 16.8. The first-order valence-electron chi connectivity index (χ1n) is 7.58. The van der Waals surface area contributed by atoms with Crippen LogP contribution in [0.5, 0.6) is 5.75 Å². The Bertz CT molecular complexity index is 817. The Balaban J connectivity index is 1.61. The Kier molecular flexibility index (Phi) is 5.18. The van der Waals surface area contributed by atoms with Gasteiger partial charge in [-0.05, 0) is 42.0 Å². The summed E-state index contributed by atoms with van der Waals surface area (Å²) in [6.07, 6.45) is 0. The van der Waals surface area contributed by atoms with Gasteiger partial charge in [-0.15, -0.1) is 12.6 Å². The Labute approximate surface area is 146 Å². The molecule has 3 aromatic carbocycles. The van der Waals surface area contributed by atoms with Gasteiger partial charge in [0.25, 0.3) is 5.91 Å². The van der Waals surface area contributed by atoms with Crippen molar-refractivity contribution in [3.8, 4) is 5.75 Å². The van der Waals surface area contributed by atoms with Crippen LogP contribution in [0.4, 0.5) is 5.69 Å². The van der Waals surface area contributed by atoms with E-state index in [4.69, 9.17) is 4.74 Å². The van der Waals surface area contributed by atoms with E-state index in [9.17, 15) is 4.79 Å². The third kappa shape index (κ3) is 4.18. The Morgan fingerprint density at radius 2 is 1.54 bits per heavy atom. The molecule has 3 rings (SSSR count). The molecule has 0 saturated carbocycles. The number of para-hydroxylation sites is 1. The molecule has 3 aromatic rings. The number of benzene rings is 3. The van der Waals surface area contributed by atoms with Crippen molar-refractivity contribution < 1.29 is 9.53 Å². The molecule has 0 aliphatic carbocycles. The number of hydrogen-bond acceptors (Lipinski definition) is 3. The summed E-state index contributed by atoms with van der Waals surface area (Å²) >= 11 is 4.33. The zero-order valence-corrected chi connectivity index (χ0v) is 13.9. The summed E-state index contributed by atoms with van der Waals surface area (Å²) in [5, 5.41) is 2.85. The van der Waals surface area contributed by atoms with Gasteiger partial charge in [0.15, 0.2) is 0 Å². The van der Waals surface area contributed by atoms with Crippen LogP contribution in [0.15, 0.2) is 83.8 Å². The largest absolute Gasteiger partial charge is 0.489 e. The minimum Gasteiger partial charge on any atom is -0.489 e. The molecule has 120 valence electrons. The van der Waals surface area contributed by atoms with Crippen LogP contribution in [0, 0.1) is 0 Å². The lowest BCUT2D eigenvalue weighted by Crippen LogP contribution is -2.12. The van der Waals surface area contributed by atoms with Crippen LogP contribution >= 0.6 is 12.6 Å². The highest BCUT2D eigenvalue weighted by atomic mass is 32.1. The molecule has 0 fully saturated rings. The number of ether oxygens (including phenoxy) is 1. The third-order valence-corrected chi connectivity index (χ3v) is 3.91. The summed E-state index contributed by atoms with van der Waals surface area (Å²) in [5.74, 6) is 0.552. The summed E-state index contributed by atoms with van der Waals surface area (Å²) in [7, 11) is 0. The average Bonchev–Trinajstić information content (AvgIpc) is 2.63. The molecule has 3 nitrogen and oxygen atoms in total. The predicted octanol–water partition coefficient (Wildman–Crippen LogP) is 4.81. The number of carbonyl (C=O) groups excluding carboxylic acids is 1. The standard InChI is InChI=1S/C20H17NO2S/c22-20(21-18-8-4-5-9-19(18)24)16-10-12-17(13-11-16)23-14-15-6-2-1-3-7-15/h1-13,24H,14H2,(H,21,22). The number of amides is 1. The molecular formula is C20H17NO2S. The van der Waals surface area contributed by atoms with Crippen molar-refractivity contribution >= 4 is 24.2 Å². The van der Waals surface area contributed by atoms with Crippen LogP contribution in [0.1, 0.15) is 15.9 Å². The fraction of sp³-hybridized carbons (Fsp3) is 0.0500. The lowest BCUT2D eigenvalue weighted by atomic mass is 10.2. The first-order chi connectivity index (χ1) is 11.7. The molecule has 1 amide bonds.